The fourth-order valence-corrected chi connectivity index (χ4v) is 1.74. The quantitative estimate of drug-likeness (QED) is 0.704. The minimum atomic E-state index is -0.603. The molecule has 2 atom stereocenters. The minimum absolute atomic E-state index is 0.0436. The number of nitrogens with zero attached hydrogens (tertiary/aromatic N) is 1. The van der Waals surface area contributed by atoms with Gasteiger partial charge in [-0.1, -0.05) is 0 Å². The summed E-state index contributed by atoms with van der Waals surface area (Å²) in [6.45, 7) is 0. The maximum absolute atomic E-state index is 11.9. The second kappa shape index (κ2) is 4.09. The van der Waals surface area contributed by atoms with Gasteiger partial charge in [-0.25, -0.2) is 4.79 Å². The van der Waals surface area contributed by atoms with Crippen molar-refractivity contribution < 1.29 is 14.3 Å². The average Bonchev–Trinajstić information content (AvgIpc) is 3.07. The highest BCUT2D eigenvalue weighted by molar-refractivity contribution is 5.88. The van der Waals surface area contributed by atoms with Crippen LogP contribution in [0.2, 0.25) is 0 Å². The molecule has 2 rings (SSSR count). The van der Waals surface area contributed by atoms with Crippen LogP contribution in [0.15, 0.2) is 23.1 Å². The molecular weight excluding hydrogens is 210 g/mol. The van der Waals surface area contributed by atoms with E-state index in [1.54, 1.807) is 19.4 Å². The maximum Gasteiger partial charge on any atom is 0.343 e. The summed E-state index contributed by atoms with van der Waals surface area (Å²) < 4.78 is 11.2. The van der Waals surface area contributed by atoms with Gasteiger partial charge in [-0.15, -0.1) is 0 Å². The first-order valence-electron chi connectivity index (χ1n) is 5.01. The normalized spacial score (nSPS) is 22.9. The second-order valence-corrected chi connectivity index (χ2v) is 3.70. The van der Waals surface area contributed by atoms with E-state index in [1.807, 2.05) is 0 Å². The van der Waals surface area contributed by atoms with E-state index in [-0.39, 0.29) is 23.3 Å². The molecule has 1 aromatic rings. The number of carbonyl (C=O) groups excluding carboxylic acids is 1. The van der Waals surface area contributed by atoms with Gasteiger partial charge in [-0.3, -0.25) is 4.79 Å². The highest BCUT2D eigenvalue weighted by Gasteiger charge is 2.40. The van der Waals surface area contributed by atoms with Gasteiger partial charge in [0.25, 0.3) is 5.56 Å². The van der Waals surface area contributed by atoms with Crippen LogP contribution in [0.25, 0.3) is 0 Å². The molecule has 5 nitrogen and oxygen atoms in total. The zero-order chi connectivity index (χ0) is 11.7. The van der Waals surface area contributed by atoms with Crippen LogP contribution in [0.3, 0.4) is 0 Å². The molecule has 1 saturated carbocycles. The van der Waals surface area contributed by atoms with Crippen molar-refractivity contribution in [3.8, 4) is 0 Å². The number of carbonyl (C=O) groups is 1. The SMILES string of the molecule is COC(=O)c1cccn([C@H]2C[C@@H]2OC)c1=O. The van der Waals surface area contributed by atoms with Gasteiger partial charge in [0.1, 0.15) is 5.56 Å². The zero-order valence-electron chi connectivity index (χ0n) is 9.17. The van der Waals surface area contributed by atoms with Crippen LogP contribution in [-0.2, 0) is 9.47 Å². The number of ether oxygens (including phenoxy) is 2. The first kappa shape index (κ1) is 10.9. The van der Waals surface area contributed by atoms with Crippen LogP contribution >= 0.6 is 0 Å². The van der Waals surface area contributed by atoms with Crippen LogP contribution < -0.4 is 5.56 Å². The summed E-state index contributed by atoms with van der Waals surface area (Å²) in [6, 6.07) is 3.18. The van der Waals surface area contributed by atoms with Gasteiger partial charge in [0.15, 0.2) is 0 Å². The molecule has 0 unspecified atom stereocenters. The Morgan fingerprint density at radius 3 is 2.81 bits per heavy atom. The molecule has 0 aromatic carbocycles. The molecular formula is C11H13NO4. The summed E-state index contributed by atoms with van der Waals surface area (Å²) in [4.78, 5) is 23.2. The molecule has 0 amide bonds. The van der Waals surface area contributed by atoms with Crippen LogP contribution in [0.1, 0.15) is 22.8 Å². The first-order valence-corrected chi connectivity index (χ1v) is 5.01. The third-order valence-electron chi connectivity index (χ3n) is 2.74. The molecule has 1 aliphatic rings. The number of hydrogen-bond donors (Lipinski definition) is 0. The third kappa shape index (κ3) is 1.74. The monoisotopic (exact) mass is 223 g/mol. The standard InChI is InChI=1S/C11H13NO4/c1-15-9-6-8(9)12-5-3-4-7(10(12)13)11(14)16-2/h3-5,8-9H,6H2,1-2H3/t8-,9-/m0/s1. The van der Waals surface area contributed by atoms with Crippen molar-refractivity contribution in [2.45, 2.75) is 18.6 Å². The summed E-state index contributed by atoms with van der Waals surface area (Å²) in [7, 11) is 2.87. The van der Waals surface area contributed by atoms with Gasteiger partial charge in [-0.05, 0) is 18.6 Å². The lowest BCUT2D eigenvalue weighted by atomic mass is 10.3. The highest BCUT2D eigenvalue weighted by atomic mass is 16.5. The van der Waals surface area contributed by atoms with Crippen molar-refractivity contribution >= 4 is 5.97 Å². The number of methoxy groups -OCH3 is 2. The largest absolute Gasteiger partial charge is 0.465 e. The molecule has 0 aliphatic heterocycles. The molecule has 1 fully saturated rings. The van der Waals surface area contributed by atoms with E-state index in [4.69, 9.17) is 4.74 Å². The first-order chi connectivity index (χ1) is 7.69. The van der Waals surface area contributed by atoms with Crippen molar-refractivity contribution in [3.05, 3.63) is 34.2 Å². The summed E-state index contributed by atoms with van der Waals surface area (Å²) >= 11 is 0. The number of hydrogen-bond acceptors (Lipinski definition) is 4. The predicted molar refractivity (Wildman–Crippen MR) is 56.5 cm³/mol. The lowest BCUT2D eigenvalue weighted by molar-refractivity contribution is 0.0597. The van der Waals surface area contributed by atoms with Crippen LogP contribution in [-0.4, -0.2) is 30.9 Å². The van der Waals surface area contributed by atoms with Crippen molar-refractivity contribution in [3.63, 3.8) is 0 Å². The number of aromatic nitrogens is 1. The Hall–Kier alpha value is -1.62. The Balaban J connectivity index is 2.35. The molecule has 0 saturated heterocycles. The number of esters is 1. The van der Waals surface area contributed by atoms with E-state index in [0.29, 0.717) is 0 Å². The molecule has 1 aromatic heterocycles. The Kier molecular flexibility index (Phi) is 2.78. The molecule has 1 heterocycles. The smallest absolute Gasteiger partial charge is 0.343 e. The van der Waals surface area contributed by atoms with Gasteiger partial charge >= 0.3 is 5.97 Å². The molecule has 0 bridgehead atoms. The van der Waals surface area contributed by atoms with Gasteiger partial charge in [-0.2, -0.15) is 0 Å². The Bertz CT molecular complexity index is 465. The summed E-state index contributed by atoms with van der Waals surface area (Å²) in [5.74, 6) is -0.603. The molecule has 0 spiro atoms. The van der Waals surface area contributed by atoms with E-state index < -0.39 is 5.97 Å². The van der Waals surface area contributed by atoms with Crippen molar-refractivity contribution in [1.29, 1.82) is 0 Å². The van der Waals surface area contributed by atoms with E-state index in [1.165, 1.54) is 17.7 Å². The lowest BCUT2D eigenvalue weighted by Crippen LogP contribution is -2.26. The Morgan fingerprint density at radius 1 is 1.50 bits per heavy atom. The van der Waals surface area contributed by atoms with Gasteiger partial charge in [0, 0.05) is 13.3 Å². The van der Waals surface area contributed by atoms with E-state index in [9.17, 15) is 9.59 Å². The average molecular weight is 223 g/mol. The third-order valence-corrected chi connectivity index (χ3v) is 2.74. The van der Waals surface area contributed by atoms with Gasteiger partial charge < -0.3 is 14.0 Å². The van der Waals surface area contributed by atoms with Crippen LogP contribution in [0.5, 0.6) is 0 Å². The minimum Gasteiger partial charge on any atom is -0.465 e. The molecule has 0 radical (unpaired) electrons. The summed E-state index contributed by atoms with van der Waals surface area (Å²) in [6.07, 6.45) is 2.55. The molecule has 1 aliphatic carbocycles. The van der Waals surface area contributed by atoms with Gasteiger partial charge in [0.2, 0.25) is 0 Å². The fourth-order valence-electron chi connectivity index (χ4n) is 1.74. The molecule has 0 N–H and O–H groups in total. The Morgan fingerprint density at radius 2 is 2.25 bits per heavy atom. The van der Waals surface area contributed by atoms with Gasteiger partial charge in [0.05, 0.1) is 19.3 Å². The maximum atomic E-state index is 11.9. The van der Waals surface area contributed by atoms with E-state index in [2.05, 4.69) is 4.74 Å². The molecule has 86 valence electrons. The van der Waals surface area contributed by atoms with E-state index in [0.717, 1.165) is 6.42 Å². The predicted octanol–water partition coefficient (Wildman–Crippen LogP) is 0.595. The Labute approximate surface area is 92.6 Å². The molecule has 5 heteroatoms. The summed E-state index contributed by atoms with van der Waals surface area (Å²) in [5, 5.41) is 0. The van der Waals surface area contributed by atoms with Crippen LogP contribution in [0, 0.1) is 0 Å². The topological polar surface area (TPSA) is 57.5 Å². The van der Waals surface area contributed by atoms with Crippen LogP contribution in [0.4, 0.5) is 0 Å². The fraction of sp³-hybridized carbons (Fsp3) is 0.455. The zero-order valence-corrected chi connectivity index (χ0v) is 9.17. The summed E-state index contributed by atoms with van der Waals surface area (Å²) in [5.41, 5.74) is -0.259. The molecule has 16 heavy (non-hydrogen) atoms. The van der Waals surface area contributed by atoms with Crippen molar-refractivity contribution in [2.75, 3.05) is 14.2 Å². The van der Waals surface area contributed by atoms with Crippen molar-refractivity contribution in [1.82, 2.24) is 4.57 Å². The van der Waals surface area contributed by atoms with E-state index >= 15 is 0 Å². The second-order valence-electron chi connectivity index (χ2n) is 3.70. The number of rotatable bonds is 3. The highest BCUT2D eigenvalue weighted by Crippen LogP contribution is 2.36. The van der Waals surface area contributed by atoms with Crippen molar-refractivity contribution in [2.24, 2.45) is 0 Å². The lowest BCUT2D eigenvalue weighted by Gasteiger charge is -2.06. The number of pyridine rings is 1.